The topological polar surface area (TPSA) is 58.2 Å². The lowest BCUT2D eigenvalue weighted by Gasteiger charge is -2.09. The van der Waals surface area contributed by atoms with Crippen molar-refractivity contribution in [2.45, 2.75) is 0 Å². The molecule has 2 N–H and O–H groups in total. The molecule has 0 aliphatic carbocycles. The van der Waals surface area contributed by atoms with Crippen LogP contribution >= 0.6 is 11.6 Å². The molecule has 25 heavy (non-hydrogen) atoms. The van der Waals surface area contributed by atoms with Crippen molar-refractivity contribution in [2.75, 3.05) is 10.6 Å². The van der Waals surface area contributed by atoms with Crippen LogP contribution in [0.2, 0.25) is 5.02 Å². The molecule has 124 valence electrons. The third-order valence-electron chi connectivity index (χ3n) is 3.50. The van der Waals surface area contributed by atoms with E-state index in [2.05, 4.69) is 10.6 Å². The fraction of sp³-hybridized carbons (Fsp3) is 0. The highest BCUT2D eigenvalue weighted by Gasteiger charge is 2.09. The molecule has 3 aromatic rings. The van der Waals surface area contributed by atoms with Crippen LogP contribution in [0, 0.1) is 0 Å². The summed E-state index contributed by atoms with van der Waals surface area (Å²) in [6, 6.07) is 22.6. The molecular weight excluding hydrogens is 336 g/mol. The van der Waals surface area contributed by atoms with Crippen LogP contribution in [-0.4, -0.2) is 11.8 Å². The molecule has 0 saturated carbocycles. The van der Waals surface area contributed by atoms with Gasteiger partial charge in [-0.15, -0.1) is 0 Å². The Balaban J connectivity index is 1.72. The zero-order valence-corrected chi connectivity index (χ0v) is 14.0. The van der Waals surface area contributed by atoms with Gasteiger partial charge in [0.1, 0.15) is 0 Å². The summed E-state index contributed by atoms with van der Waals surface area (Å²) in [5.74, 6) is -0.508. The minimum atomic E-state index is -0.280. The average Bonchev–Trinajstić information content (AvgIpc) is 2.62. The van der Waals surface area contributed by atoms with Crippen LogP contribution in [0.3, 0.4) is 0 Å². The van der Waals surface area contributed by atoms with E-state index in [1.807, 2.05) is 6.07 Å². The summed E-state index contributed by atoms with van der Waals surface area (Å²) in [4.78, 5) is 24.6. The van der Waals surface area contributed by atoms with Gasteiger partial charge in [-0.25, -0.2) is 0 Å². The number of amides is 2. The molecule has 0 unspecified atom stereocenters. The third-order valence-corrected chi connectivity index (χ3v) is 3.74. The van der Waals surface area contributed by atoms with E-state index < -0.39 is 0 Å². The van der Waals surface area contributed by atoms with Crippen LogP contribution in [-0.2, 0) is 0 Å². The van der Waals surface area contributed by atoms with Gasteiger partial charge in [0.25, 0.3) is 11.8 Å². The van der Waals surface area contributed by atoms with E-state index in [1.165, 1.54) is 0 Å². The zero-order chi connectivity index (χ0) is 17.6. The molecule has 0 saturated heterocycles. The molecule has 0 bridgehead atoms. The van der Waals surface area contributed by atoms with Crippen LogP contribution in [0.4, 0.5) is 11.4 Å². The summed E-state index contributed by atoms with van der Waals surface area (Å²) in [5, 5.41) is 6.10. The lowest BCUT2D eigenvalue weighted by Crippen LogP contribution is -2.14. The second-order valence-corrected chi connectivity index (χ2v) is 5.80. The lowest BCUT2D eigenvalue weighted by molar-refractivity contribution is 0.101. The fourth-order valence-corrected chi connectivity index (χ4v) is 2.49. The molecule has 0 fully saturated rings. The van der Waals surface area contributed by atoms with Crippen molar-refractivity contribution < 1.29 is 9.59 Å². The van der Waals surface area contributed by atoms with E-state index in [9.17, 15) is 9.59 Å². The number of hydrogen-bond donors (Lipinski definition) is 2. The number of carbonyl (C=O) groups excluding carboxylic acids is 2. The predicted molar refractivity (Wildman–Crippen MR) is 100 cm³/mol. The first-order chi connectivity index (χ1) is 12.1. The van der Waals surface area contributed by atoms with Crippen molar-refractivity contribution in [3.63, 3.8) is 0 Å². The normalized spacial score (nSPS) is 10.1. The number of halogens is 1. The van der Waals surface area contributed by atoms with Crippen molar-refractivity contribution in [1.29, 1.82) is 0 Å². The molecule has 0 spiro atoms. The fourth-order valence-electron chi connectivity index (χ4n) is 2.30. The van der Waals surface area contributed by atoms with Gasteiger partial charge in [-0.3, -0.25) is 9.59 Å². The number of benzene rings is 3. The van der Waals surface area contributed by atoms with Crippen LogP contribution in [0.1, 0.15) is 20.7 Å². The summed E-state index contributed by atoms with van der Waals surface area (Å²) < 4.78 is 0. The molecule has 0 aliphatic heterocycles. The quantitative estimate of drug-likeness (QED) is 0.707. The Morgan fingerprint density at radius 1 is 0.640 bits per heavy atom. The molecule has 2 amide bonds. The predicted octanol–water partition coefficient (Wildman–Crippen LogP) is 4.84. The number of carbonyl (C=O) groups is 2. The lowest BCUT2D eigenvalue weighted by atomic mass is 10.1. The standard InChI is InChI=1S/C20H15ClN2O2/c21-16-9-5-11-18(13-16)23-20(25)15-8-4-10-17(12-15)22-19(24)14-6-2-1-3-7-14/h1-13H,(H,22,24)(H,23,25). The monoisotopic (exact) mass is 350 g/mol. The highest BCUT2D eigenvalue weighted by molar-refractivity contribution is 6.31. The van der Waals surface area contributed by atoms with Gasteiger partial charge in [0, 0.05) is 27.5 Å². The molecular formula is C20H15ClN2O2. The molecule has 5 heteroatoms. The summed E-state index contributed by atoms with van der Waals surface area (Å²) >= 11 is 5.92. The molecule has 0 heterocycles. The van der Waals surface area contributed by atoms with Crippen LogP contribution in [0.15, 0.2) is 78.9 Å². The summed E-state index contributed by atoms with van der Waals surface area (Å²) in [6.07, 6.45) is 0. The Hall–Kier alpha value is -3.11. The Bertz CT molecular complexity index is 910. The van der Waals surface area contributed by atoms with E-state index in [-0.39, 0.29) is 11.8 Å². The second-order valence-electron chi connectivity index (χ2n) is 5.37. The van der Waals surface area contributed by atoms with Crippen molar-refractivity contribution in [1.82, 2.24) is 0 Å². The van der Waals surface area contributed by atoms with Crippen molar-refractivity contribution in [3.05, 3.63) is 95.0 Å². The first kappa shape index (κ1) is 16.7. The SMILES string of the molecule is O=C(Nc1cccc(C(=O)Nc2cccc(Cl)c2)c1)c1ccccc1. The minimum Gasteiger partial charge on any atom is -0.322 e. The number of rotatable bonds is 4. The Morgan fingerprint density at radius 2 is 1.20 bits per heavy atom. The zero-order valence-electron chi connectivity index (χ0n) is 13.2. The largest absolute Gasteiger partial charge is 0.322 e. The van der Waals surface area contributed by atoms with E-state index in [0.717, 1.165) is 0 Å². The summed E-state index contributed by atoms with van der Waals surface area (Å²) in [7, 11) is 0. The van der Waals surface area contributed by atoms with Gasteiger partial charge >= 0.3 is 0 Å². The molecule has 0 aliphatic rings. The summed E-state index contributed by atoms with van der Waals surface area (Å²) in [6.45, 7) is 0. The van der Waals surface area contributed by atoms with Crippen LogP contribution in [0.25, 0.3) is 0 Å². The molecule has 0 atom stereocenters. The average molecular weight is 351 g/mol. The molecule has 0 aromatic heterocycles. The number of nitrogens with one attached hydrogen (secondary N) is 2. The highest BCUT2D eigenvalue weighted by Crippen LogP contribution is 2.17. The highest BCUT2D eigenvalue weighted by atomic mass is 35.5. The molecule has 4 nitrogen and oxygen atoms in total. The van der Waals surface area contributed by atoms with Crippen LogP contribution < -0.4 is 10.6 Å². The van der Waals surface area contributed by atoms with Gasteiger partial charge in [-0.05, 0) is 48.5 Å². The minimum absolute atomic E-state index is 0.229. The van der Waals surface area contributed by atoms with Gasteiger partial charge in [-0.2, -0.15) is 0 Å². The third kappa shape index (κ3) is 4.46. The van der Waals surface area contributed by atoms with Gasteiger partial charge in [0.2, 0.25) is 0 Å². The molecule has 3 rings (SSSR count). The smallest absolute Gasteiger partial charge is 0.255 e. The maximum atomic E-state index is 12.4. The first-order valence-electron chi connectivity index (χ1n) is 7.65. The number of hydrogen-bond acceptors (Lipinski definition) is 2. The molecule has 0 radical (unpaired) electrons. The van der Waals surface area contributed by atoms with E-state index in [0.29, 0.717) is 27.5 Å². The van der Waals surface area contributed by atoms with E-state index in [1.54, 1.807) is 72.8 Å². The van der Waals surface area contributed by atoms with E-state index in [4.69, 9.17) is 11.6 Å². The Morgan fingerprint density at radius 3 is 1.88 bits per heavy atom. The van der Waals surface area contributed by atoms with Crippen molar-refractivity contribution >= 4 is 34.8 Å². The van der Waals surface area contributed by atoms with Gasteiger partial charge in [0.05, 0.1) is 0 Å². The molecule has 3 aromatic carbocycles. The van der Waals surface area contributed by atoms with Crippen molar-refractivity contribution in [2.24, 2.45) is 0 Å². The van der Waals surface area contributed by atoms with Crippen molar-refractivity contribution in [3.8, 4) is 0 Å². The Kier molecular flexibility index (Phi) is 5.11. The first-order valence-corrected chi connectivity index (χ1v) is 8.03. The van der Waals surface area contributed by atoms with Gasteiger partial charge in [0.15, 0.2) is 0 Å². The summed E-state index contributed by atoms with van der Waals surface area (Å²) in [5.41, 5.74) is 2.14. The van der Waals surface area contributed by atoms with Gasteiger partial charge < -0.3 is 10.6 Å². The maximum Gasteiger partial charge on any atom is 0.255 e. The van der Waals surface area contributed by atoms with Crippen LogP contribution in [0.5, 0.6) is 0 Å². The maximum absolute atomic E-state index is 12.4. The van der Waals surface area contributed by atoms with Gasteiger partial charge in [-0.1, -0.05) is 41.9 Å². The second kappa shape index (κ2) is 7.64. The van der Waals surface area contributed by atoms with E-state index >= 15 is 0 Å². The number of anilines is 2. The Labute approximate surface area is 150 Å².